The van der Waals surface area contributed by atoms with E-state index in [0.29, 0.717) is 6.61 Å². The number of rotatable bonds is 10. The first kappa shape index (κ1) is 14.9. The maximum atomic E-state index is 8.84. The van der Waals surface area contributed by atoms with Crippen molar-refractivity contribution in [2.75, 3.05) is 13.2 Å². The zero-order valence-corrected chi connectivity index (χ0v) is 10.4. The van der Waals surface area contributed by atoms with Crippen molar-refractivity contribution in [3.63, 3.8) is 0 Å². The van der Waals surface area contributed by atoms with Gasteiger partial charge in [0.1, 0.15) is 0 Å². The average molecular weight is 215 g/mol. The highest BCUT2D eigenvalue weighted by atomic mass is 16.5. The SMILES string of the molecule is [CH2]C(O)COCCCCCCCC(C)C. The number of unbranched alkanes of at least 4 members (excludes halogenated alkanes) is 4. The van der Waals surface area contributed by atoms with Gasteiger partial charge in [0.25, 0.3) is 0 Å². The first-order valence-electron chi connectivity index (χ1n) is 6.21. The minimum absolute atomic E-state index is 0.368. The molecule has 1 radical (unpaired) electrons. The molecule has 0 aromatic heterocycles. The molecule has 1 unspecified atom stereocenters. The van der Waals surface area contributed by atoms with Crippen LogP contribution < -0.4 is 0 Å². The van der Waals surface area contributed by atoms with E-state index in [-0.39, 0.29) is 0 Å². The van der Waals surface area contributed by atoms with Gasteiger partial charge in [0.15, 0.2) is 0 Å². The highest BCUT2D eigenvalue weighted by molar-refractivity contribution is 4.53. The van der Waals surface area contributed by atoms with E-state index in [2.05, 4.69) is 20.8 Å². The molecule has 0 saturated heterocycles. The second-order valence-electron chi connectivity index (χ2n) is 4.68. The monoisotopic (exact) mass is 215 g/mol. The molecular weight excluding hydrogens is 188 g/mol. The van der Waals surface area contributed by atoms with Crippen molar-refractivity contribution >= 4 is 0 Å². The molecule has 0 spiro atoms. The van der Waals surface area contributed by atoms with Crippen LogP contribution in [0.3, 0.4) is 0 Å². The molecule has 0 aliphatic carbocycles. The Hall–Kier alpha value is -0.0800. The fourth-order valence-electron chi connectivity index (χ4n) is 1.51. The summed E-state index contributed by atoms with van der Waals surface area (Å²) in [6.07, 6.45) is 7.13. The maximum Gasteiger partial charge on any atom is 0.0774 e. The predicted molar refractivity (Wildman–Crippen MR) is 64.7 cm³/mol. The number of aliphatic hydroxyl groups excluding tert-OH is 1. The third kappa shape index (κ3) is 13.9. The van der Waals surface area contributed by atoms with Crippen molar-refractivity contribution in [2.45, 2.75) is 58.5 Å². The Labute approximate surface area is 95.0 Å². The van der Waals surface area contributed by atoms with Crippen LogP contribution in [0, 0.1) is 12.8 Å². The molecule has 0 amide bonds. The molecule has 2 heteroatoms. The Morgan fingerprint density at radius 2 is 1.67 bits per heavy atom. The quantitative estimate of drug-likeness (QED) is 0.567. The van der Waals surface area contributed by atoms with Crippen LogP contribution in [0.1, 0.15) is 52.4 Å². The van der Waals surface area contributed by atoms with E-state index in [1.165, 1.54) is 32.1 Å². The van der Waals surface area contributed by atoms with E-state index >= 15 is 0 Å². The number of aliphatic hydroxyl groups is 1. The van der Waals surface area contributed by atoms with Crippen LogP contribution >= 0.6 is 0 Å². The molecule has 2 nitrogen and oxygen atoms in total. The molecule has 0 rings (SSSR count). The smallest absolute Gasteiger partial charge is 0.0774 e. The molecule has 1 N–H and O–H groups in total. The molecule has 0 fully saturated rings. The van der Waals surface area contributed by atoms with Crippen molar-refractivity contribution in [3.8, 4) is 0 Å². The minimum Gasteiger partial charge on any atom is -0.391 e. The number of hydrogen-bond donors (Lipinski definition) is 1. The van der Waals surface area contributed by atoms with Gasteiger partial charge in [-0.3, -0.25) is 0 Å². The fourth-order valence-corrected chi connectivity index (χ4v) is 1.51. The minimum atomic E-state index is -0.573. The van der Waals surface area contributed by atoms with Crippen LogP contribution in [0.15, 0.2) is 0 Å². The van der Waals surface area contributed by atoms with Crippen molar-refractivity contribution in [1.29, 1.82) is 0 Å². The van der Waals surface area contributed by atoms with Gasteiger partial charge >= 0.3 is 0 Å². The largest absolute Gasteiger partial charge is 0.391 e. The summed E-state index contributed by atoms with van der Waals surface area (Å²) < 4.78 is 5.23. The lowest BCUT2D eigenvalue weighted by Crippen LogP contribution is -2.11. The lowest BCUT2D eigenvalue weighted by Gasteiger charge is -2.06. The number of ether oxygens (including phenoxy) is 1. The topological polar surface area (TPSA) is 29.5 Å². The molecule has 0 aromatic carbocycles. The Bertz CT molecular complexity index is 108. The average Bonchev–Trinajstić information content (AvgIpc) is 2.14. The zero-order valence-electron chi connectivity index (χ0n) is 10.4. The van der Waals surface area contributed by atoms with Crippen molar-refractivity contribution < 1.29 is 9.84 Å². The Morgan fingerprint density at radius 3 is 2.27 bits per heavy atom. The van der Waals surface area contributed by atoms with Crippen molar-refractivity contribution in [2.24, 2.45) is 5.92 Å². The summed E-state index contributed by atoms with van der Waals surface area (Å²) in [5.41, 5.74) is 0. The first-order chi connectivity index (χ1) is 7.13. The fraction of sp³-hybridized carbons (Fsp3) is 0.923. The van der Waals surface area contributed by atoms with E-state index < -0.39 is 6.10 Å². The molecule has 0 aliphatic heterocycles. The molecule has 0 aliphatic rings. The molecule has 0 bridgehead atoms. The standard InChI is InChI=1S/C13H27O2/c1-12(2)9-7-5-4-6-8-10-15-11-13(3)14/h12-14H,3-11H2,1-2H3. The zero-order chi connectivity index (χ0) is 11.5. The molecule has 1 atom stereocenters. The van der Waals surface area contributed by atoms with Crippen LogP contribution in [-0.2, 0) is 4.74 Å². The molecule has 0 aromatic rings. The Balaban J connectivity index is 2.93. The van der Waals surface area contributed by atoms with E-state index in [1.54, 1.807) is 0 Å². The van der Waals surface area contributed by atoms with E-state index in [1.807, 2.05) is 0 Å². The lowest BCUT2D eigenvalue weighted by molar-refractivity contribution is 0.0564. The lowest BCUT2D eigenvalue weighted by atomic mass is 10.0. The van der Waals surface area contributed by atoms with Gasteiger partial charge in [-0.15, -0.1) is 0 Å². The van der Waals surface area contributed by atoms with Gasteiger partial charge < -0.3 is 9.84 Å². The Kier molecular flexibility index (Phi) is 10.4. The summed E-state index contributed by atoms with van der Waals surface area (Å²) in [6, 6.07) is 0. The molecule has 91 valence electrons. The molecule has 0 heterocycles. The van der Waals surface area contributed by atoms with Gasteiger partial charge in [-0.25, -0.2) is 0 Å². The van der Waals surface area contributed by atoms with Crippen LogP contribution in [0.4, 0.5) is 0 Å². The van der Waals surface area contributed by atoms with Crippen LogP contribution in [-0.4, -0.2) is 24.4 Å². The van der Waals surface area contributed by atoms with Gasteiger partial charge in [-0.1, -0.05) is 46.0 Å². The van der Waals surface area contributed by atoms with Gasteiger partial charge in [0.2, 0.25) is 0 Å². The molecule has 0 saturated carbocycles. The first-order valence-corrected chi connectivity index (χ1v) is 6.21. The predicted octanol–water partition coefficient (Wildman–Crippen LogP) is 3.19. The van der Waals surface area contributed by atoms with Gasteiger partial charge in [0, 0.05) is 6.61 Å². The summed E-state index contributed by atoms with van der Waals surface area (Å²) in [4.78, 5) is 0. The van der Waals surface area contributed by atoms with E-state index in [0.717, 1.165) is 18.9 Å². The van der Waals surface area contributed by atoms with Crippen LogP contribution in [0.5, 0.6) is 0 Å². The van der Waals surface area contributed by atoms with Crippen LogP contribution in [0.25, 0.3) is 0 Å². The highest BCUT2D eigenvalue weighted by Crippen LogP contribution is 2.10. The number of hydrogen-bond acceptors (Lipinski definition) is 2. The normalized spacial score (nSPS) is 13.4. The summed E-state index contributed by atoms with van der Waals surface area (Å²) in [6.45, 7) is 9.12. The van der Waals surface area contributed by atoms with E-state index in [4.69, 9.17) is 9.84 Å². The second kappa shape index (κ2) is 10.4. The van der Waals surface area contributed by atoms with E-state index in [9.17, 15) is 0 Å². The Morgan fingerprint density at radius 1 is 1.07 bits per heavy atom. The van der Waals surface area contributed by atoms with Crippen molar-refractivity contribution in [3.05, 3.63) is 6.92 Å². The second-order valence-corrected chi connectivity index (χ2v) is 4.68. The summed E-state index contributed by atoms with van der Waals surface area (Å²) in [5, 5.41) is 8.84. The van der Waals surface area contributed by atoms with Gasteiger partial charge in [-0.2, -0.15) is 0 Å². The molecule has 15 heavy (non-hydrogen) atoms. The maximum absolute atomic E-state index is 8.84. The van der Waals surface area contributed by atoms with Crippen molar-refractivity contribution in [1.82, 2.24) is 0 Å². The molecular formula is C13H27O2. The highest BCUT2D eigenvalue weighted by Gasteiger charge is 1.96. The summed E-state index contributed by atoms with van der Waals surface area (Å²) in [7, 11) is 0. The van der Waals surface area contributed by atoms with Gasteiger partial charge in [-0.05, 0) is 19.3 Å². The summed E-state index contributed by atoms with van der Waals surface area (Å²) in [5.74, 6) is 0.840. The summed E-state index contributed by atoms with van der Waals surface area (Å²) >= 11 is 0. The van der Waals surface area contributed by atoms with Gasteiger partial charge in [0.05, 0.1) is 12.7 Å². The third-order valence-corrected chi connectivity index (χ3v) is 2.38. The third-order valence-electron chi connectivity index (χ3n) is 2.38. The van der Waals surface area contributed by atoms with Crippen LogP contribution in [0.2, 0.25) is 0 Å².